The number of benzene rings is 1. The number of pyridine rings is 1. The second-order valence-electron chi connectivity index (χ2n) is 6.48. The number of ether oxygens (including phenoxy) is 2. The average Bonchev–Trinajstić information content (AvgIpc) is 3.15. The fraction of sp³-hybridized carbons (Fsp3) is 0.381. The summed E-state index contributed by atoms with van der Waals surface area (Å²) in [4.78, 5) is 4.29. The molecule has 8 nitrogen and oxygen atoms in total. The molecule has 162 valence electrons. The van der Waals surface area contributed by atoms with Crippen molar-refractivity contribution in [1.82, 2.24) is 25.2 Å². The molecule has 0 atom stereocenters. The molecule has 0 aliphatic heterocycles. The van der Waals surface area contributed by atoms with Crippen LogP contribution < -0.4 is 15.4 Å². The van der Waals surface area contributed by atoms with Gasteiger partial charge in [0, 0.05) is 32.0 Å². The third-order valence-corrected chi connectivity index (χ3v) is 4.38. The zero-order valence-electron chi connectivity index (χ0n) is 17.6. The van der Waals surface area contributed by atoms with Crippen LogP contribution in [0.4, 0.5) is 0 Å². The summed E-state index contributed by atoms with van der Waals surface area (Å²) in [5.41, 5.74) is 3.03. The normalized spacial score (nSPS) is 11.2. The molecule has 0 saturated carbocycles. The first-order valence-electron chi connectivity index (χ1n) is 9.74. The number of hydrogen-bond donors (Lipinski definition) is 2. The Hall–Kier alpha value is -2.40. The Labute approximate surface area is 194 Å². The first-order valence-corrected chi connectivity index (χ1v) is 9.74. The van der Waals surface area contributed by atoms with E-state index in [9.17, 15) is 0 Å². The molecule has 3 aromatic rings. The Morgan fingerprint density at radius 2 is 1.93 bits per heavy atom. The smallest absolute Gasteiger partial charge is 0.191 e. The maximum atomic E-state index is 5.91. The predicted octanol–water partition coefficient (Wildman–Crippen LogP) is 2.94. The summed E-state index contributed by atoms with van der Waals surface area (Å²) in [6.45, 7) is 6.92. The van der Waals surface area contributed by atoms with Crippen molar-refractivity contribution in [3.05, 3.63) is 59.5 Å². The lowest BCUT2D eigenvalue weighted by Crippen LogP contribution is -2.36. The molecular weight excluding hydrogens is 495 g/mol. The largest absolute Gasteiger partial charge is 0.491 e. The molecule has 2 heterocycles. The average molecular weight is 524 g/mol. The Kier molecular flexibility index (Phi) is 9.81. The van der Waals surface area contributed by atoms with Gasteiger partial charge in [-0.3, -0.25) is 9.39 Å². The number of aliphatic imine (C=N–C) groups is 1. The van der Waals surface area contributed by atoms with Crippen LogP contribution in [0.2, 0.25) is 0 Å². The van der Waals surface area contributed by atoms with Gasteiger partial charge < -0.3 is 20.1 Å². The summed E-state index contributed by atoms with van der Waals surface area (Å²) in [5.74, 6) is 2.36. The van der Waals surface area contributed by atoms with E-state index in [0.717, 1.165) is 28.3 Å². The van der Waals surface area contributed by atoms with Gasteiger partial charge >= 0.3 is 0 Å². The van der Waals surface area contributed by atoms with E-state index >= 15 is 0 Å². The van der Waals surface area contributed by atoms with Gasteiger partial charge in [0.05, 0.1) is 13.2 Å². The first kappa shape index (κ1) is 23.9. The molecule has 0 bridgehead atoms. The van der Waals surface area contributed by atoms with Crippen molar-refractivity contribution in [1.29, 1.82) is 0 Å². The zero-order valence-corrected chi connectivity index (χ0v) is 19.9. The molecular formula is C21H29IN6O2. The molecule has 0 radical (unpaired) electrons. The molecule has 2 N–H and O–H groups in total. The van der Waals surface area contributed by atoms with Crippen LogP contribution in [-0.2, 0) is 17.8 Å². The van der Waals surface area contributed by atoms with E-state index in [1.807, 2.05) is 41.8 Å². The van der Waals surface area contributed by atoms with Crippen LogP contribution in [0.5, 0.6) is 5.75 Å². The van der Waals surface area contributed by atoms with Crippen molar-refractivity contribution in [3.8, 4) is 5.75 Å². The number of nitrogens with zero attached hydrogens (tertiary/aromatic N) is 4. The SMILES string of the molecule is CCOCCOc1cc(C)ccc1CNC(=NC)NCc1nnc2ccccn12.I. The van der Waals surface area contributed by atoms with E-state index in [-0.39, 0.29) is 24.0 Å². The van der Waals surface area contributed by atoms with Gasteiger partial charge in [-0.15, -0.1) is 34.2 Å². The summed E-state index contributed by atoms with van der Waals surface area (Å²) in [5, 5.41) is 15.0. The molecule has 0 aliphatic carbocycles. The van der Waals surface area contributed by atoms with Crippen LogP contribution >= 0.6 is 24.0 Å². The molecule has 0 aliphatic rings. The van der Waals surface area contributed by atoms with Crippen molar-refractivity contribution in [2.45, 2.75) is 26.9 Å². The van der Waals surface area contributed by atoms with Gasteiger partial charge in [-0.1, -0.05) is 18.2 Å². The van der Waals surface area contributed by atoms with Gasteiger partial charge in [0.25, 0.3) is 0 Å². The molecule has 9 heteroatoms. The van der Waals surface area contributed by atoms with Crippen LogP contribution in [0.15, 0.2) is 47.6 Å². The first-order chi connectivity index (χ1) is 14.2. The Balaban J connectivity index is 0.00000320. The summed E-state index contributed by atoms with van der Waals surface area (Å²) < 4.78 is 13.2. The van der Waals surface area contributed by atoms with Gasteiger partial charge in [-0.25, -0.2) is 0 Å². The van der Waals surface area contributed by atoms with Crippen LogP contribution in [0.1, 0.15) is 23.9 Å². The van der Waals surface area contributed by atoms with Crippen LogP contribution in [0, 0.1) is 6.92 Å². The van der Waals surface area contributed by atoms with Gasteiger partial charge in [0.1, 0.15) is 12.4 Å². The number of nitrogens with one attached hydrogen (secondary N) is 2. The fourth-order valence-corrected chi connectivity index (χ4v) is 2.87. The molecule has 0 amide bonds. The molecule has 0 spiro atoms. The lowest BCUT2D eigenvalue weighted by Gasteiger charge is -2.15. The van der Waals surface area contributed by atoms with E-state index in [4.69, 9.17) is 9.47 Å². The van der Waals surface area contributed by atoms with E-state index in [0.29, 0.717) is 38.9 Å². The Morgan fingerprint density at radius 3 is 2.73 bits per heavy atom. The van der Waals surface area contributed by atoms with Crippen molar-refractivity contribution in [3.63, 3.8) is 0 Å². The minimum absolute atomic E-state index is 0. The summed E-state index contributed by atoms with van der Waals surface area (Å²) in [6, 6.07) is 12.0. The third kappa shape index (κ3) is 6.56. The Bertz CT molecular complexity index is 960. The topological polar surface area (TPSA) is 85.1 Å². The van der Waals surface area contributed by atoms with Crippen molar-refractivity contribution in [2.24, 2.45) is 4.99 Å². The number of rotatable bonds is 9. The molecule has 0 fully saturated rings. The maximum absolute atomic E-state index is 5.91. The molecule has 1 aromatic carbocycles. The lowest BCUT2D eigenvalue weighted by atomic mass is 10.1. The second kappa shape index (κ2) is 12.3. The summed E-state index contributed by atoms with van der Waals surface area (Å²) in [7, 11) is 1.74. The molecule has 3 rings (SSSR count). The Morgan fingerprint density at radius 1 is 1.10 bits per heavy atom. The number of aromatic nitrogens is 3. The molecule has 30 heavy (non-hydrogen) atoms. The number of aryl methyl sites for hydroxylation is 1. The van der Waals surface area contributed by atoms with Gasteiger partial charge in [0.2, 0.25) is 0 Å². The molecule has 2 aromatic heterocycles. The van der Waals surface area contributed by atoms with Crippen molar-refractivity contribution >= 4 is 35.6 Å². The van der Waals surface area contributed by atoms with Crippen LogP contribution in [0.3, 0.4) is 0 Å². The lowest BCUT2D eigenvalue weighted by molar-refractivity contribution is 0.110. The fourth-order valence-electron chi connectivity index (χ4n) is 2.87. The highest BCUT2D eigenvalue weighted by Crippen LogP contribution is 2.20. The molecule has 0 unspecified atom stereocenters. The minimum atomic E-state index is 0. The van der Waals surface area contributed by atoms with Crippen molar-refractivity contribution in [2.75, 3.05) is 26.9 Å². The summed E-state index contributed by atoms with van der Waals surface area (Å²) in [6.07, 6.45) is 1.95. The number of halogens is 1. The molecule has 0 saturated heterocycles. The van der Waals surface area contributed by atoms with Gasteiger partial charge in [0.15, 0.2) is 17.4 Å². The van der Waals surface area contributed by atoms with E-state index < -0.39 is 0 Å². The van der Waals surface area contributed by atoms with E-state index in [1.165, 1.54) is 0 Å². The highest BCUT2D eigenvalue weighted by molar-refractivity contribution is 14.0. The number of fused-ring (bicyclic) bond motifs is 1. The van der Waals surface area contributed by atoms with Gasteiger partial charge in [-0.2, -0.15) is 0 Å². The van der Waals surface area contributed by atoms with Crippen LogP contribution in [-0.4, -0.2) is 47.4 Å². The number of hydrogen-bond acceptors (Lipinski definition) is 5. The van der Waals surface area contributed by atoms with Crippen molar-refractivity contribution < 1.29 is 9.47 Å². The minimum Gasteiger partial charge on any atom is -0.491 e. The zero-order chi connectivity index (χ0) is 20.5. The van der Waals surface area contributed by atoms with Gasteiger partial charge in [-0.05, 0) is 37.6 Å². The maximum Gasteiger partial charge on any atom is 0.191 e. The van der Waals surface area contributed by atoms with Crippen LogP contribution in [0.25, 0.3) is 5.65 Å². The quantitative estimate of drug-likeness (QED) is 0.194. The highest BCUT2D eigenvalue weighted by atomic mass is 127. The van der Waals surface area contributed by atoms with E-state index in [2.05, 4.69) is 44.9 Å². The second-order valence-corrected chi connectivity index (χ2v) is 6.48. The summed E-state index contributed by atoms with van der Waals surface area (Å²) >= 11 is 0. The monoisotopic (exact) mass is 524 g/mol. The third-order valence-electron chi connectivity index (χ3n) is 4.38. The van der Waals surface area contributed by atoms with E-state index in [1.54, 1.807) is 7.05 Å². The standard InChI is InChI=1S/C21H28N6O2.HI/c1-4-28-11-12-29-18-13-16(2)8-9-17(18)14-23-21(22-3)24-15-20-26-25-19-7-5-6-10-27(19)20;/h5-10,13H,4,11-12,14-15H2,1-3H3,(H2,22,23,24);1H. The highest BCUT2D eigenvalue weighted by Gasteiger charge is 2.08. The predicted molar refractivity (Wildman–Crippen MR) is 129 cm³/mol. The number of guanidine groups is 1.